The molecule has 8 heteroatoms. The molecule has 0 saturated carbocycles. The standard InChI is InChI=1S/C14H16Cl3N3OS/c1-8(10-4-5-11(15)13(17)12(10)16)19-20-14(22)18-7-9-3-2-6-21-9/h4-5,9H,2-3,6-7H2,1H3,(H2,18,20,22)/b19-8-/t9-/m1/s1. The number of ether oxygens (including phenoxy) is 1. The zero-order chi connectivity index (χ0) is 16.1. The Morgan fingerprint density at radius 3 is 2.82 bits per heavy atom. The van der Waals surface area contributed by atoms with Gasteiger partial charge >= 0.3 is 0 Å². The first-order valence-corrected chi connectivity index (χ1v) is 8.37. The number of nitrogens with zero attached hydrogens (tertiary/aromatic N) is 1. The second-order valence-electron chi connectivity index (χ2n) is 4.88. The van der Waals surface area contributed by atoms with Gasteiger partial charge in [-0.15, -0.1) is 0 Å². The number of halogens is 3. The summed E-state index contributed by atoms with van der Waals surface area (Å²) in [6, 6.07) is 3.44. The molecule has 1 aromatic rings. The average Bonchev–Trinajstić information content (AvgIpc) is 3.02. The highest BCUT2D eigenvalue weighted by molar-refractivity contribution is 7.80. The molecule has 2 rings (SSSR count). The monoisotopic (exact) mass is 379 g/mol. The molecule has 1 atom stereocenters. The third kappa shape index (κ3) is 4.70. The molecule has 22 heavy (non-hydrogen) atoms. The fraction of sp³-hybridized carbons (Fsp3) is 0.429. The second kappa shape index (κ2) is 8.31. The van der Waals surface area contributed by atoms with Gasteiger partial charge in [-0.2, -0.15) is 5.10 Å². The summed E-state index contributed by atoms with van der Waals surface area (Å²) in [6.45, 7) is 3.30. The van der Waals surface area contributed by atoms with Crippen molar-refractivity contribution in [3.63, 3.8) is 0 Å². The SMILES string of the molecule is C/C(=N/NC(=S)NC[C@H]1CCCO1)c1ccc(Cl)c(Cl)c1Cl. The molecule has 0 aliphatic carbocycles. The lowest BCUT2D eigenvalue weighted by Gasteiger charge is -2.12. The molecule has 0 unspecified atom stereocenters. The minimum atomic E-state index is 0.217. The van der Waals surface area contributed by atoms with Crippen LogP contribution in [0.25, 0.3) is 0 Å². The summed E-state index contributed by atoms with van der Waals surface area (Å²) in [5, 5.41) is 8.81. The molecular formula is C14H16Cl3N3OS. The maximum atomic E-state index is 6.17. The van der Waals surface area contributed by atoms with E-state index in [9.17, 15) is 0 Å². The van der Waals surface area contributed by atoms with E-state index in [0.717, 1.165) is 19.4 Å². The molecule has 4 nitrogen and oxygen atoms in total. The van der Waals surface area contributed by atoms with E-state index in [0.29, 0.717) is 38.0 Å². The fourth-order valence-corrected chi connectivity index (χ4v) is 2.85. The lowest BCUT2D eigenvalue weighted by atomic mass is 10.1. The molecule has 120 valence electrons. The van der Waals surface area contributed by atoms with Crippen LogP contribution in [0.1, 0.15) is 25.3 Å². The molecule has 2 N–H and O–H groups in total. The van der Waals surface area contributed by atoms with Crippen molar-refractivity contribution >= 4 is 57.8 Å². The quantitative estimate of drug-likeness (QED) is 0.358. The van der Waals surface area contributed by atoms with E-state index < -0.39 is 0 Å². The summed E-state index contributed by atoms with van der Waals surface area (Å²) in [6.07, 6.45) is 2.37. The number of rotatable bonds is 4. The summed E-state index contributed by atoms with van der Waals surface area (Å²) in [5.74, 6) is 0. The Balaban J connectivity index is 1.91. The third-order valence-electron chi connectivity index (χ3n) is 3.26. The topological polar surface area (TPSA) is 45.7 Å². The molecule has 1 saturated heterocycles. The molecule has 1 aliphatic heterocycles. The van der Waals surface area contributed by atoms with Crippen LogP contribution >= 0.6 is 47.0 Å². The van der Waals surface area contributed by atoms with Gasteiger partial charge < -0.3 is 10.1 Å². The maximum absolute atomic E-state index is 6.17. The minimum Gasteiger partial charge on any atom is -0.376 e. The first-order chi connectivity index (χ1) is 10.5. The van der Waals surface area contributed by atoms with Gasteiger partial charge in [0.15, 0.2) is 5.11 Å². The van der Waals surface area contributed by atoms with E-state index in [1.54, 1.807) is 19.1 Å². The predicted octanol–water partition coefficient (Wildman–Crippen LogP) is 4.01. The summed E-state index contributed by atoms with van der Waals surface area (Å²) in [4.78, 5) is 0. The second-order valence-corrected chi connectivity index (χ2v) is 6.45. The molecule has 0 spiro atoms. The highest BCUT2D eigenvalue weighted by Crippen LogP contribution is 2.32. The lowest BCUT2D eigenvalue weighted by Crippen LogP contribution is -2.37. The average molecular weight is 381 g/mol. The van der Waals surface area contributed by atoms with Crippen LogP contribution in [0.3, 0.4) is 0 Å². The molecular weight excluding hydrogens is 365 g/mol. The lowest BCUT2D eigenvalue weighted by molar-refractivity contribution is 0.114. The van der Waals surface area contributed by atoms with Crippen molar-refractivity contribution in [2.24, 2.45) is 5.10 Å². The molecule has 0 radical (unpaired) electrons. The smallest absolute Gasteiger partial charge is 0.187 e. The van der Waals surface area contributed by atoms with Gasteiger partial charge in [0, 0.05) is 18.7 Å². The largest absolute Gasteiger partial charge is 0.376 e. The zero-order valence-corrected chi connectivity index (χ0v) is 15.0. The Labute approximate surface area is 150 Å². The van der Waals surface area contributed by atoms with E-state index in [1.807, 2.05) is 0 Å². The molecule has 1 heterocycles. The highest BCUT2D eigenvalue weighted by atomic mass is 35.5. The predicted molar refractivity (Wildman–Crippen MR) is 96.4 cm³/mol. The third-order valence-corrected chi connectivity index (χ3v) is 4.79. The zero-order valence-electron chi connectivity index (χ0n) is 12.0. The van der Waals surface area contributed by atoms with Crippen LogP contribution in [0, 0.1) is 0 Å². The number of hydrogen-bond acceptors (Lipinski definition) is 3. The Morgan fingerprint density at radius 1 is 1.36 bits per heavy atom. The van der Waals surface area contributed by atoms with Crippen molar-refractivity contribution in [3.8, 4) is 0 Å². The van der Waals surface area contributed by atoms with Crippen LogP contribution in [0.15, 0.2) is 17.2 Å². The van der Waals surface area contributed by atoms with Crippen molar-refractivity contribution < 1.29 is 4.74 Å². The molecule has 1 fully saturated rings. The van der Waals surface area contributed by atoms with E-state index in [1.165, 1.54) is 0 Å². The Kier molecular flexibility index (Phi) is 6.71. The van der Waals surface area contributed by atoms with Crippen molar-refractivity contribution in [2.75, 3.05) is 13.2 Å². The number of hydrogen-bond donors (Lipinski definition) is 2. The van der Waals surface area contributed by atoms with Gasteiger partial charge in [0.25, 0.3) is 0 Å². The van der Waals surface area contributed by atoms with Gasteiger partial charge in [-0.25, -0.2) is 0 Å². The maximum Gasteiger partial charge on any atom is 0.187 e. The van der Waals surface area contributed by atoms with Gasteiger partial charge in [0.1, 0.15) is 0 Å². The fourth-order valence-electron chi connectivity index (χ4n) is 2.05. The Bertz CT molecular complexity index is 589. The van der Waals surface area contributed by atoms with Gasteiger partial charge in [-0.3, -0.25) is 5.43 Å². The molecule has 0 bridgehead atoms. The number of thiocarbonyl (C=S) groups is 1. The van der Waals surface area contributed by atoms with E-state index >= 15 is 0 Å². The molecule has 1 aromatic carbocycles. The minimum absolute atomic E-state index is 0.217. The molecule has 1 aliphatic rings. The van der Waals surface area contributed by atoms with E-state index in [2.05, 4.69) is 15.8 Å². The van der Waals surface area contributed by atoms with Crippen molar-refractivity contribution in [2.45, 2.75) is 25.9 Å². The Morgan fingerprint density at radius 2 is 2.14 bits per heavy atom. The van der Waals surface area contributed by atoms with Crippen LogP contribution in [-0.2, 0) is 4.74 Å². The van der Waals surface area contributed by atoms with Crippen LogP contribution < -0.4 is 10.7 Å². The first kappa shape index (κ1) is 17.8. The summed E-state index contributed by atoms with van der Waals surface area (Å²) < 4.78 is 5.51. The van der Waals surface area contributed by atoms with Gasteiger partial charge in [0.05, 0.1) is 26.9 Å². The molecule has 0 aromatic heterocycles. The van der Waals surface area contributed by atoms with Crippen molar-refractivity contribution in [1.29, 1.82) is 0 Å². The first-order valence-electron chi connectivity index (χ1n) is 6.82. The summed E-state index contributed by atoms with van der Waals surface area (Å²) in [5.41, 5.74) is 4.14. The number of benzene rings is 1. The number of nitrogens with one attached hydrogen (secondary N) is 2. The van der Waals surface area contributed by atoms with E-state index in [-0.39, 0.29) is 6.10 Å². The normalized spacial score (nSPS) is 18.4. The Hall–Kier alpha value is -0.590. The summed E-state index contributed by atoms with van der Waals surface area (Å²) in [7, 11) is 0. The van der Waals surface area contributed by atoms with Gasteiger partial charge in [-0.1, -0.05) is 40.9 Å². The van der Waals surface area contributed by atoms with E-state index in [4.69, 9.17) is 51.8 Å². The summed E-state index contributed by atoms with van der Waals surface area (Å²) >= 11 is 23.3. The molecule has 0 amide bonds. The van der Waals surface area contributed by atoms with Crippen LogP contribution in [0.4, 0.5) is 0 Å². The van der Waals surface area contributed by atoms with Crippen molar-refractivity contribution in [3.05, 3.63) is 32.8 Å². The van der Waals surface area contributed by atoms with Gasteiger partial charge in [-0.05, 0) is 38.0 Å². The van der Waals surface area contributed by atoms with Crippen LogP contribution in [-0.4, -0.2) is 30.1 Å². The van der Waals surface area contributed by atoms with Crippen LogP contribution in [0.2, 0.25) is 15.1 Å². The van der Waals surface area contributed by atoms with Gasteiger partial charge in [0.2, 0.25) is 0 Å². The van der Waals surface area contributed by atoms with Crippen LogP contribution in [0.5, 0.6) is 0 Å². The number of hydrazone groups is 1. The highest BCUT2D eigenvalue weighted by Gasteiger charge is 2.15. The van der Waals surface area contributed by atoms with Crippen molar-refractivity contribution in [1.82, 2.24) is 10.7 Å².